The lowest BCUT2D eigenvalue weighted by atomic mass is 9.72. The molecule has 2 atom stereocenters. The first-order valence-electron chi connectivity index (χ1n) is 8.53. The topological polar surface area (TPSA) is 49.5 Å². The van der Waals surface area contributed by atoms with Gasteiger partial charge in [-0.3, -0.25) is 0 Å². The summed E-state index contributed by atoms with van der Waals surface area (Å²) in [5.41, 5.74) is 6.61. The van der Waals surface area contributed by atoms with E-state index in [0.717, 1.165) is 62.3 Å². The minimum atomic E-state index is -0.602. The average Bonchev–Trinajstić information content (AvgIpc) is 2.91. The Labute approximate surface area is 162 Å². The summed E-state index contributed by atoms with van der Waals surface area (Å²) >= 11 is 6.20. The minimum Gasteiger partial charge on any atom is -0.389 e. The van der Waals surface area contributed by atoms with Gasteiger partial charge in [-0.15, -0.1) is 24.8 Å². The first-order chi connectivity index (χ1) is 10.6. The molecule has 2 aliphatic rings. The van der Waals surface area contributed by atoms with Gasteiger partial charge in [0.2, 0.25) is 0 Å². The maximum Gasteiger partial charge on any atom is 0.0728 e. The number of hydrogen-bond acceptors (Lipinski definition) is 3. The predicted octanol–water partition coefficient (Wildman–Crippen LogP) is 4.00. The smallest absolute Gasteiger partial charge is 0.0728 e. The van der Waals surface area contributed by atoms with E-state index in [1.54, 1.807) is 0 Å². The second-order valence-corrected chi connectivity index (χ2v) is 7.52. The van der Waals surface area contributed by atoms with E-state index in [9.17, 15) is 5.11 Å². The molecular weight excluding hydrogens is 367 g/mol. The van der Waals surface area contributed by atoms with E-state index in [-0.39, 0.29) is 36.8 Å². The highest BCUT2D eigenvalue weighted by molar-refractivity contribution is 6.30. The number of hydrogen-bond donors (Lipinski definition) is 2. The summed E-state index contributed by atoms with van der Waals surface area (Å²) in [7, 11) is 0. The van der Waals surface area contributed by atoms with Crippen molar-refractivity contribution in [2.24, 2.45) is 5.73 Å². The first kappa shape index (κ1) is 22.0. The van der Waals surface area contributed by atoms with E-state index < -0.39 is 5.60 Å². The quantitative estimate of drug-likeness (QED) is 0.810. The minimum absolute atomic E-state index is 0. The lowest BCUT2D eigenvalue weighted by molar-refractivity contribution is -0.0294. The Morgan fingerprint density at radius 1 is 1.25 bits per heavy atom. The van der Waals surface area contributed by atoms with Crippen LogP contribution in [0.5, 0.6) is 0 Å². The number of likely N-dealkylation sites (tertiary alicyclic amines) is 1. The molecule has 1 saturated heterocycles. The molecular formula is C18H29Cl3N2O. The van der Waals surface area contributed by atoms with Gasteiger partial charge in [0, 0.05) is 30.1 Å². The molecule has 2 fully saturated rings. The molecule has 1 aliphatic carbocycles. The van der Waals surface area contributed by atoms with Gasteiger partial charge in [-0.25, -0.2) is 0 Å². The summed E-state index contributed by atoms with van der Waals surface area (Å²) in [6, 6.07) is 8.31. The van der Waals surface area contributed by atoms with Crippen LogP contribution in [0, 0.1) is 0 Å². The maximum absolute atomic E-state index is 11.3. The molecule has 3 N–H and O–H groups in total. The molecule has 0 bridgehead atoms. The molecule has 1 aromatic carbocycles. The Hall–Kier alpha value is -0.0300. The molecule has 0 aromatic heterocycles. The molecule has 1 heterocycles. The summed E-state index contributed by atoms with van der Waals surface area (Å²) in [5.74, 6) is 0.122. The summed E-state index contributed by atoms with van der Waals surface area (Å²) < 4.78 is 0. The molecule has 6 heteroatoms. The molecule has 3 rings (SSSR count). The lowest BCUT2D eigenvalue weighted by Gasteiger charge is -2.41. The Morgan fingerprint density at radius 3 is 2.54 bits per heavy atom. The van der Waals surface area contributed by atoms with Crippen LogP contribution in [0.25, 0.3) is 0 Å². The third kappa shape index (κ3) is 5.23. The number of halogens is 3. The van der Waals surface area contributed by atoms with Crippen LogP contribution >= 0.6 is 36.4 Å². The van der Waals surface area contributed by atoms with E-state index in [2.05, 4.69) is 11.0 Å². The molecule has 0 spiro atoms. The van der Waals surface area contributed by atoms with Crippen LogP contribution in [-0.2, 0) is 0 Å². The van der Waals surface area contributed by atoms with Crippen molar-refractivity contribution in [2.45, 2.75) is 56.1 Å². The highest BCUT2D eigenvalue weighted by Gasteiger charge is 2.40. The molecule has 1 aliphatic heterocycles. The SMILES string of the molecule is Cl.Cl.NC1CCN(CC(c2cccc(Cl)c2)C2(O)CCCCC2)C1. The van der Waals surface area contributed by atoms with Crippen molar-refractivity contribution in [2.75, 3.05) is 19.6 Å². The van der Waals surface area contributed by atoms with Crippen LogP contribution < -0.4 is 5.73 Å². The van der Waals surface area contributed by atoms with Crippen LogP contribution in [0.15, 0.2) is 24.3 Å². The van der Waals surface area contributed by atoms with E-state index in [0.29, 0.717) is 0 Å². The van der Waals surface area contributed by atoms with E-state index in [1.165, 1.54) is 6.42 Å². The largest absolute Gasteiger partial charge is 0.389 e. The van der Waals surface area contributed by atoms with Crippen LogP contribution in [-0.4, -0.2) is 41.3 Å². The summed E-state index contributed by atoms with van der Waals surface area (Å²) in [6.07, 6.45) is 6.31. The molecule has 2 unspecified atom stereocenters. The Morgan fingerprint density at radius 2 is 1.96 bits per heavy atom. The Kier molecular flexibility index (Phi) is 8.81. The number of nitrogens with two attached hydrogens (primary N) is 1. The van der Waals surface area contributed by atoms with Gasteiger partial charge in [0.25, 0.3) is 0 Å². The third-order valence-electron chi connectivity index (χ3n) is 5.37. The number of benzene rings is 1. The van der Waals surface area contributed by atoms with Gasteiger partial charge in [0.05, 0.1) is 5.60 Å². The number of aliphatic hydroxyl groups is 1. The lowest BCUT2D eigenvalue weighted by Crippen LogP contribution is -2.44. The zero-order valence-electron chi connectivity index (χ0n) is 14.0. The monoisotopic (exact) mass is 394 g/mol. The number of nitrogens with zero attached hydrogens (tertiary/aromatic N) is 1. The summed E-state index contributed by atoms with van der Waals surface area (Å²) in [6.45, 7) is 2.85. The molecule has 1 aromatic rings. The molecule has 1 saturated carbocycles. The molecule has 138 valence electrons. The first-order valence-corrected chi connectivity index (χ1v) is 8.90. The fourth-order valence-electron chi connectivity index (χ4n) is 4.11. The highest BCUT2D eigenvalue weighted by Crippen LogP contribution is 2.41. The molecule has 0 radical (unpaired) electrons. The van der Waals surface area contributed by atoms with Gasteiger partial charge < -0.3 is 15.7 Å². The average molecular weight is 396 g/mol. The standard InChI is InChI=1S/C18H27ClN2O.2ClH/c19-15-6-4-5-14(11-15)17(13-21-10-7-16(20)12-21)18(22)8-2-1-3-9-18;;/h4-6,11,16-17,22H,1-3,7-10,12-13,20H2;2*1H. The van der Waals surface area contributed by atoms with Gasteiger partial charge in [-0.2, -0.15) is 0 Å². The van der Waals surface area contributed by atoms with E-state index in [1.807, 2.05) is 18.2 Å². The van der Waals surface area contributed by atoms with Gasteiger partial charge in [-0.05, 0) is 43.5 Å². The van der Waals surface area contributed by atoms with E-state index in [4.69, 9.17) is 17.3 Å². The predicted molar refractivity (Wildman–Crippen MR) is 106 cm³/mol. The van der Waals surface area contributed by atoms with Crippen molar-refractivity contribution in [3.05, 3.63) is 34.9 Å². The fourth-order valence-corrected chi connectivity index (χ4v) is 4.31. The molecule has 3 nitrogen and oxygen atoms in total. The Bertz CT molecular complexity index is 509. The summed E-state index contributed by atoms with van der Waals surface area (Å²) in [5, 5.41) is 12.1. The maximum atomic E-state index is 11.3. The second-order valence-electron chi connectivity index (χ2n) is 7.08. The van der Waals surface area contributed by atoms with Gasteiger partial charge in [-0.1, -0.05) is 43.0 Å². The molecule has 0 amide bonds. The normalized spacial score (nSPS) is 24.7. The third-order valence-corrected chi connectivity index (χ3v) is 5.60. The zero-order valence-corrected chi connectivity index (χ0v) is 16.4. The van der Waals surface area contributed by atoms with E-state index >= 15 is 0 Å². The van der Waals surface area contributed by atoms with Crippen LogP contribution in [0.2, 0.25) is 5.02 Å². The van der Waals surface area contributed by atoms with Gasteiger partial charge >= 0.3 is 0 Å². The van der Waals surface area contributed by atoms with Crippen LogP contribution in [0.3, 0.4) is 0 Å². The van der Waals surface area contributed by atoms with Crippen molar-refractivity contribution in [3.63, 3.8) is 0 Å². The van der Waals surface area contributed by atoms with Crippen LogP contribution in [0.4, 0.5) is 0 Å². The zero-order chi connectivity index (χ0) is 15.6. The highest BCUT2D eigenvalue weighted by atomic mass is 35.5. The van der Waals surface area contributed by atoms with Gasteiger partial charge in [0.1, 0.15) is 0 Å². The summed E-state index contributed by atoms with van der Waals surface area (Å²) in [4.78, 5) is 2.41. The van der Waals surface area contributed by atoms with Crippen molar-refractivity contribution in [1.82, 2.24) is 4.90 Å². The second kappa shape index (κ2) is 9.61. The van der Waals surface area contributed by atoms with Crippen molar-refractivity contribution in [3.8, 4) is 0 Å². The van der Waals surface area contributed by atoms with Gasteiger partial charge in [0.15, 0.2) is 0 Å². The van der Waals surface area contributed by atoms with Crippen molar-refractivity contribution >= 4 is 36.4 Å². The van der Waals surface area contributed by atoms with Crippen molar-refractivity contribution in [1.29, 1.82) is 0 Å². The van der Waals surface area contributed by atoms with Crippen molar-refractivity contribution < 1.29 is 5.11 Å². The Balaban J connectivity index is 0.00000144. The molecule has 24 heavy (non-hydrogen) atoms. The fraction of sp³-hybridized carbons (Fsp3) is 0.667. The number of rotatable bonds is 4. The van der Waals surface area contributed by atoms with Crippen LogP contribution in [0.1, 0.15) is 50.0 Å².